The van der Waals surface area contributed by atoms with Crippen LogP contribution in [0, 0.1) is 0 Å². The van der Waals surface area contributed by atoms with Gasteiger partial charge in [-0.2, -0.15) is 0 Å². The molecule has 1 rings (SSSR count). The molecule has 0 aromatic carbocycles. The molecule has 0 aromatic rings. The van der Waals surface area contributed by atoms with Crippen molar-refractivity contribution in [1.82, 2.24) is 5.06 Å². The molecule has 1 fully saturated rings. The number of piperidine rings is 1. The zero-order valence-corrected chi connectivity index (χ0v) is 15.3. The number of hydroxylamine groups is 2. The summed E-state index contributed by atoms with van der Waals surface area (Å²) in [5.41, 5.74) is -0.990. The third kappa shape index (κ3) is 5.63. The molecule has 0 spiro atoms. The van der Waals surface area contributed by atoms with Crippen LogP contribution in [0.4, 0.5) is 0 Å². The number of ether oxygens (including phenoxy) is 2. The first-order chi connectivity index (χ1) is 9.58. The van der Waals surface area contributed by atoms with Gasteiger partial charge in [0, 0.05) is 11.1 Å². The summed E-state index contributed by atoms with van der Waals surface area (Å²) in [5, 5.41) is 23.1. The Morgan fingerprint density at radius 2 is 1.81 bits per heavy atom. The van der Waals surface area contributed by atoms with E-state index in [-0.39, 0.29) is 29.7 Å². The SMILES string of the molecule is CC1(C)CC(OCC(O)COC(=O)CI)CC(C)(C)N1[O]. The van der Waals surface area contributed by atoms with Gasteiger partial charge in [-0.3, -0.25) is 4.79 Å². The molecule has 0 aromatic heterocycles. The molecule has 6 nitrogen and oxygen atoms in total. The highest BCUT2D eigenvalue weighted by Gasteiger charge is 2.46. The largest absolute Gasteiger partial charge is 0.462 e. The molecule has 0 aliphatic carbocycles. The van der Waals surface area contributed by atoms with E-state index in [0.717, 1.165) is 5.06 Å². The van der Waals surface area contributed by atoms with E-state index in [9.17, 15) is 15.1 Å². The standard InChI is InChI=1S/C14H25INO5/c1-13(2)5-11(6-14(3,4)16(13)19)20-8-10(17)9-21-12(18)7-15/h10-11,17H,5-9H2,1-4H3. The van der Waals surface area contributed by atoms with Crippen molar-refractivity contribution in [3.63, 3.8) is 0 Å². The van der Waals surface area contributed by atoms with Gasteiger partial charge in [0.15, 0.2) is 0 Å². The summed E-state index contributed by atoms with van der Waals surface area (Å²) in [6.45, 7) is 7.64. The van der Waals surface area contributed by atoms with Crippen LogP contribution >= 0.6 is 22.6 Å². The number of carbonyl (C=O) groups is 1. The molecular formula is C14H25INO5. The topological polar surface area (TPSA) is 78.9 Å². The van der Waals surface area contributed by atoms with Crippen LogP contribution in [0.3, 0.4) is 0 Å². The highest BCUT2D eigenvalue weighted by molar-refractivity contribution is 14.1. The van der Waals surface area contributed by atoms with Gasteiger partial charge < -0.3 is 14.6 Å². The fourth-order valence-corrected chi connectivity index (χ4v) is 3.03. The fraction of sp³-hybridized carbons (Fsp3) is 0.929. The van der Waals surface area contributed by atoms with Gasteiger partial charge in [0.05, 0.1) is 17.1 Å². The van der Waals surface area contributed by atoms with Gasteiger partial charge in [-0.05, 0) is 40.5 Å². The molecule has 1 radical (unpaired) electrons. The Hall–Kier alpha value is 0.0400. The molecule has 1 unspecified atom stereocenters. The van der Waals surface area contributed by atoms with E-state index in [1.165, 1.54) is 0 Å². The summed E-state index contributed by atoms with van der Waals surface area (Å²) in [4.78, 5) is 11.0. The molecule has 0 saturated carbocycles. The molecule has 21 heavy (non-hydrogen) atoms. The van der Waals surface area contributed by atoms with E-state index in [1.807, 2.05) is 50.3 Å². The number of aliphatic hydroxyl groups is 1. The van der Waals surface area contributed by atoms with Crippen LogP contribution < -0.4 is 0 Å². The number of rotatable bonds is 6. The van der Waals surface area contributed by atoms with Gasteiger partial charge in [0.1, 0.15) is 12.7 Å². The molecular weight excluding hydrogens is 389 g/mol. The number of hydrogen-bond acceptors (Lipinski definition) is 5. The zero-order chi connectivity index (χ0) is 16.3. The summed E-state index contributed by atoms with van der Waals surface area (Å²) in [6, 6.07) is 0. The van der Waals surface area contributed by atoms with E-state index >= 15 is 0 Å². The lowest BCUT2D eigenvalue weighted by molar-refractivity contribution is -0.302. The minimum Gasteiger partial charge on any atom is -0.462 e. The van der Waals surface area contributed by atoms with Gasteiger partial charge in [0.2, 0.25) is 0 Å². The third-order valence-corrected chi connectivity index (χ3v) is 4.25. The first-order valence-electron chi connectivity index (χ1n) is 7.07. The smallest absolute Gasteiger partial charge is 0.315 e. The van der Waals surface area contributed by atoms with Crippen molar-refractivity contribution < 1.29 is 24.6 Å². The highest BCUT2D eigenvalue weighted by atomic mass is 127. The van der Waals surface area contributed by atoms with E-state index in [1.54, 1.807) is 0 Å². The van der Waals surface area contributed by atoms with Gasteiger partial charge in [-0.25, -0.2) is 0 Å². The summed E-state index contributed by atoms with van der Waals surface area (Å²) >= 11 is 1.90. The molecule has 1 N–H and O–H groups in total. The average Bonchev–Trinajstić information content (AvgIpc) is 2.39. The van der Waals surface area contributed by atoms with E-state index in [2.05, 4.69) is 0 Å². The van der Waals surface area contributed by atoms with Crippen LogP contribution in [0.1, 0.15) is 40.5 Å². The minimum atomic E-state index is -0.839. The number of halogens is 1. The van der Waals surface area contributed by atoms with Crippen LogP contribution in [0.15, 0.2) is 0 Å². The molecule has 1 saturated heterocycles. The molecule has 1 atom stereocenters. The molecule has 1 aliphatic rings. The predicted molar refractivity (Wildman–Crippen MR) is 85.5 cm³/mol. The quantitative estimate of drug-likeness (QED) is 0.407. The first kappa shape index (κ1) is 19.1. The summed E-state index contributed by atoms with van der Waals surface area (Å²) in [5.74, 6) is -0.350. The summed E-state index contributed by atoms with van der Waals surface area (Å²) in [7, 11) is 0. The Labute approximate surface area is 139 Å². The second-order valence-electron chi connectivity index (χ2n) is 6.75. The monoisotopic (exact) mass is 414 g/mol. The van der Waals surface area contributed by atoms with Crippen LogP contribution in [-0.2, 0) is 19.5 Å². The van der Waals surface area contributed by atoms with Gasteiger partial charge >= 0.3 is 5.97 Å². The van der Waals surface area contributed by atoms with Crippen molar-refractivity contribution in [2.75, 3.05) is 17.6 Å². The van der Waals surface area contributed by atoms with Crippen molar-refractivity contribution >= 4 is 28.6 Å². The number of nitrogens with zero attached hydrogens (tertiary/aromatic N) is 1. The lowest BCUT2D eigenvalue weighted by Gasteiger charge is -2.49. The number of alkyl halides is 1. The molecule has 0 amide bonds. The van der Waals surface area contributed by atoms with Crippen LogP contribution in [0.25, 0.3) is 0 Å². The van der Waals surface area contributed by atoms with Crippen molar-refractivity contribution in [1.29, 1.82) is 0 Å². The van der Waals surface area contributed by atoms with E-state index in [4.69, 9.17) is 9.47 Å². The number of aliphatic hydroxyl groups excluding tert-OH is 1. The summed E-state index contributed by atoms with van der Waals surface area (Å²) in [6.07, 6.45) is 0.295. The Morgan fingerprint density at radius 3 is 2.29 bits per heavy atom. The average molecular weight is 414 g/mol. The van der Waals surface area contributed by atoms with E-state index < -0.39 is 17.2 Å². The molecule has 1 aliphatic heterocycles. The first-order valence-corrected chi connectivity index (χ1v) is 8.60. The Kier molecular flexibility index (Phi) is 6.85. The Bertz CT molecular complexity index is 343. The normalized spacial score (nSPS) is 23.8. The fourth-order valence-electron chi connectivity index (χ4n) is 2.81. The van der Waals surface area contributed by atoms with Crippen LogP contribution in [-0.4, -0.2) is 57.1 Å². The van der Waals surface area contributed by atoms with Gasteiger partial charge in [-0.1, -0.05) is 22.6 Å². The second kappa shape index (κ2) is 7.54. The number of esters is 1. The number of hydrogen-bond donors (Lipinski definition) is 1. The highest BCUT2D eigenvalue weighted by Crippen LogP contribution is 2.38. The Morgan fingerprint density at radius 1 is 1.29 bits per heavy atom. The lowest BCUT2D eigenvalue weighted by atomic mass is 9.80. The molecule has 0 bridgehead atoms. The molecule has 123 valence electrons. The van der Waals surface area contributed by atoms with E-state index in [0.29, 0.717) is 12.8 Å². The zero-order valence-electron chi connectivity index (χ0n) is 13.1. The maximum atomic E-state index is 12.2. The lowest BCUT2D eigenvalue weighted by Crippen LogP contribution is -2.60. The number of carbonyl (C=O) groups excluding carboxylic acids is 1. The van der Waals surface area contributed by atoms with Gasteiger partial charge in [-0.15, -0.1) is 10.3 Å². The Balaban J connectivity index is 2.43. The maximum Gasteiger partial charge on any atom is 0.315 e. The summed E-state index contributed by atoms with van der Waals surface area (Å²) < 4.78 is 10.8. The van der Waals surface area contributed by atoms with Crippen molar-refractivity contribution in [2.45, 2.75) is 63.8 Å². The van der Waals surface area contributed by atoms with Crippen molar-refractivity contribution in [3.05, 3.63) is 0 Å². The minimum absolute atomic E-state index is 0.0605. The second-order valence-corrected chi connectivity index (χ2v) is 7.52. The van der Waals surface area contributed by atoms with Crippen LogP contribution in [0.5, 0.6) is 0 Å². The maximum absolute atomic E-state index is 12.2. The van der Waals surface area contributed by atoms with Crippen molar-refractivity contribution in [2.24, 2.45) is 0 Å². The van der Waals surface area contributed by atoms with Gasteiger partial charge in [0.25, 0.3) is 0 Å². The van der Waals surface area contributed by atoms with Crippen LogP contribution in [0.2, 0.25) is 0 Å². The molecule has 1 heterocycles. The third-order valence-electron chi connectivity index (χ3n) is 3.62. The molecule has 7 heteroatoms. The van der Waals surface area contributed by atoms with Crippen molar-refractivity contribution in [3.8, 4) is 0 Å². The predicted octanol–water partition coefficient (Wildman–Crippen LogP) is 1.71.